The number of hydrogen-bond acceptors (Lipinski definition) is 4. The van der Waals surface area contributed by atoms with Crippen molar-refractivity contribution in [1.82, 2.24) is 0 Å². The van der Waals surface area contributed by atoms with Crippen LogP contribution in [0.5, 0.6) is 0 Å². The smallest absolute Gasteiger partial charge is 0.0192 e. The molecule has 2 atom stereocenters. The first-order valence-electron chi connectivity index (χ1n) is 6.13. The topological polar surface area (TPSA) is 104 Å². The molecule has 0 aliphatic heterocycles. The van der Waals surface area contributed by atoms with Gasteiger partial charge < -0.3 is 22.9 Å². The summed E-state index contributed by atoms with van der Waals surface area (Å²) in [6.45, 7) is 1.52. The summed E-state index contributed by atoms with van der Waals surface area (Å²) in [6.07, 6.45) is 7.55. The van der Waals surface area contributed by atoms with E-state index in [-0.39, 0.29) is 12.1 Å². The first-order chi connectivity index (χ1) is 7.22. The fourth-order valence-corrected chi connectivity index (χ4v) is 1.65. The van der Waals surface area contributed by atoms with E-state index >= 15 is 0 Å². The van der Waals surface area contributed by atoms with E-state index in [2.05, 4.69) is 0 Å². The van der Waals surface area contributed by atoms with Gasteiger partial charge in [0.25, 0.3) is 0 Å². The molecular formula is C11H28N4. The molecule has 0 aromatic heterocycles. The average molecular weight is 216 g/mol. The van der Waals surface area contributed by atoms with E-state index in [0.29, 0.717) is 0 Å². The zero-order valence-corrected chi connectivity index (χ0v) is 9.83. The highest BCUT2D eigenvalue weighted by Gasteiger charge is 2.11. The fraction of sp³-hybridized carbons (Fsp3) is 1.00. The van der Waals surface area contributed by atoms with E-state index in [1.54, 1.807) is 0 Å². The summed E-state index contributed by atoms with van der Waals surface area (Å²) < 4.78 is 0. The Morgan fingerprint density at radius 2 is 1.00 bits per heavy atom. The van der Waals surface area contributed by atoms with Crippen LogP contribution in [-0.2, 0) is 0 Å². The van der Waals surface area contributed by atoms with Gasteiger partial charge in [0.05, 0.1) is 0 Å². The molecule has 0 heterocycles. The van der Waals surface area contributed by atoms with Crippen molar-refractivity contribution in [2.75, 3.05) is 13.1 Å². The molecule has 0 aliphatic carbocycles. The van der Waals surface area contributed by atoms with Crippen LogP contribution in [0.4, 0.5) is 0 Å². The molecule has 4 heteroatoms. The lowest BCUT2D eigenvalue weighted by Gasteiger charge is -2.19. The second-order valence-corrected chi connectivity index (χ2v) is 4.25. The van der Waals surface area contributed by atoms with Gasteiger partial charge in [0.15, 0.2) is 0 Å². The highest BCUT2D eigenvalue weighted by Crippen LogP contribution is 2.08. The van der Waals surface area contributed by atoms with Gasteiger partial charge in [0, 0.05) is 12.1 Å². The summed E-state index contributed by atoms with van der Waals surface area (Å²) in [5.41, 5.74) is 22.8. The molecule has 0 rings (SSSR count). The predicted octanol–water partition coefficient (Wildman–Crippen LogP) is 0.289. The molecule has 2 unspecified atom stereocenters. The molecular weight excluding hydrogens is 188 g/mol. The molecule has 8 N–H and O–H groups in total. The van der Waals surface area contributed by atoms with Gasteiger partial charge in [0.2, 0.25) is 0 Å². The van der Waals surface area contributed by atoms with Crippen molar-refractivity contribution < 1.29 is 0 Å². The number of hydrogen-bond donors (Lipinski definition) is 4. The van der Waals surface area contributed by atoms with Crippen LogP contribution >= 0.6 is 0 Å². The number of nitrogens with two attached hydrogens (primary N) is 4. The van der Waals surface area contributed by atoms with Crippen molar-refractivity contribution in [2.45, 2.75) is 57.0 Å². The normalized spacial score (nSPS) is 15.2. The van der Waals surface area contributed by atoms with Gasteiger partial charge >= 0.3 is 0 Å². The van der Waals surface area contributed by atoms with Crippen LogP contribution in [0.25, 0.3) is 0 Å². The summed E-state index contributed by atoms with van der Waals surface area (Å²) >= 11 is 0. The maximum Gasteiger partial charge on any atom is 0.0192 e. The minimum Gasteiger partial charge on any atom is -0.330 e. The van der Waals surface area contributed by atoms with E-state index in [1.807, 2.05) is 0 Å². The van der Waals surface area contributed by atoms with Crippen LogP contribution in [0.3, 0.4) is 0 Å². The average Bonchev–Trinajstić information content (AvgIpc) is 2.24. The lowest BCUT2D eigenvalue weighted by Crippen LogP contribution is -2.41. The summed E-state index contributed by atoms with van der Waals surface area (Å²) in [7, 11) is 0. The van der Waals surface area contributed by atoms with Gasteiger partial charge in [-0.05, 0) is 38.8 Å². The van der Waals surface area contributed by atoms with Crippen LogP contribution < -0.4 is 22.9 Å². The second kappa shape index (κ2) is 10.4. The molecule has 0 spiro atoms. The first kappa shape index (κ1) is 14.8. The molecule has 15 heavy (non-hydrogen) atoms. The van der Waals surface area contributed by atoms with Crippen LogP contribution in [0.1, 0.15) is 44.9 Å². The Labute approximate surface area is 93.7 Å². The molecule has 0 fully saturated rings. The number of rotatable bonds is 10. The monoisotopic (exact) mass is 216 g/mol. The third-order valence-electron chi connectivity index (χ3n) is 2.78. The molecule has 0 aliphatic rings. The Morgan fingerprint density at radius 1 is 0.600 bits per heavy atom. The van der Waals surface area contributed by atoms with Gasteiger partial charge in [-0.25, -0.2) is 0 Å². The summed E-state index contributed by atoms with van der Waals surface area (Å²) in [4.78, 5) is 0. The van der Waals surface area contributed by atoms with Crippen molar-refractivity contribution in [3.8, 4) is 0 Å². The standard InChI is InChI=1S/C11H28N4/c12-8-4-1-2-6-10(14)11(15)7-3-5-9-13/h10-11H,1-9,12-15H2. The molecule has 0 saturated carbocycles. The van der Waals surface area contributed by atoms with Crippen LogP contribution in [0.2, 0.25) is 0 Å². The Bertz CT molecular complexity index is 130. The quantitative estimate of drug-likeness (QED) is 0.394. The van der Waals surface area contributed by atoms with E-state index in [9.17, 15) is 0 Å². The largest absolute Gasteiger partial charge is 0.330 e. The minimum atomic E-state index is 0.134. The Hall–Kier alpha value is -0.160. The number of unbranched alkanes of at least 4 members (excludes halogenated alkanes) is 3. The first-order valence-corrected chi connectivity index (χ1v) is 6.13. The predicted molar refractivity (Wildman–Crippen MR) is 66.4 cm³/mol. The fourth-order valence-electron chi connectivity index (χ4n) is 1.65. The van der Waals surface area contributed by atoms with Crippen molar-refractivity contribution in [2.24, 2.45) is 22.9 Å². The van der Waals surface area contributed by atoms with Crippen molar-refractivity contribution >= 4 is 0 Å². The molecule has 0 bridgehead atoms. The molecule has 4 nitrogen and oxygen atoms in total. The van der Waals surface area contributed by atoms with Crippen LogP contribution in [0.15, 0.2) is 0 Å². The zero-order valence-electron chi connectivity index (χ0n) is 9.83. The summed E-state index contributed by atoms with van der Waals surface area (Å²) in [6, 6.07) is 0.273. The van der Waals surface area contributed by atoms with Gasteiger partial charge in [-0.2, -0.15) is 0 Å². The Morgan fingerprint density at radius 3 is 1.47 bits per heavy atom. The maximum atomic E-state index is 5.99. The highest BCUT2D eigenvalue weighted by atomic mass is 14.8. The second-order valence-electron chi connectivity index (χ2n) is 4.25. The van der Waals surface area contributed by atoms with E-state index in [1.165, 1.54) is 6.42 Å². The Balaban J connectivity index is 3.38. The third kappa shape index (κ3) is 8.81. The van der Waals surface area contributed by atoms with E-state index < -0.39 is 0 Å². The van der Waals surface area contributed by atoms with E-state index in [0.717, 1.165) is 51.6 Å². The van der Waals surface area contributed by atoms with Gasteiger partial charge in [-0.3, -0.25) is 0 Å². The Kier molecular flexibility index (Phi) is 10.3. The maximum absolute atomic E-state index is 5.99. The lowest BCUT2D eigenvalue weighted by atomic mass is 9.98. The van der Waals surface area contributed by atoms with Crippen molar-refractivity contribution in [1.29, 1.82) is 0 Å². The minimum absolute atomic E-state index is 0.134. The zero-order chi connectivity index (χ0) is 11.5. The van der Waals surface area contributed by atoms with Crippen molar-refractivity contribution in [3.05, 3.63) is 0 Å². The van der Waals surface area contributed by atoms with Crippen LogP contribution in [-0.4, -0.2) is 25.2 Å². The van der Waals surface area contributed by atoms with Gasteiger partial charge in [-0.1, -0.05) is 19.3 Å². The summed E-state index contributed by atoms with van der Waals surface area (Å²) in [5, 5.41) is 0. The molecule has 0 saturated heterocycles. The molecule has 92 valence electrons. The van der Waals surface area contributed by atoms with Gasteiger partial charge in [-0.15, -0.1) is 0 Å². The molecule has 0 aromatic carbocycles. The molecule has 0 amide bonds. The summed E-state index contributed by atoms with van der Waals surface area (Å²) in [5.74, 6) is 0. The van der Waals surface area contributed by atoms with Gasteiger partial charge in [0.1, 0.15) is 0 Å². The lowest BCUT2D eigenvalue weighted by molar-refractivity contribution is 0.438. The molecule has 0 aromatic rings. The highest BCUT2D eigenvalue weighted by molar-refractivity contribution is 4.75. The third-order valence-corrected chi connectivity index (χ3v) is 2.78. The SMILES string of the molecule is NCCCCCC(N)C(N)CCCCN. The van der Waals surface area contributed by atoms with Crippen LogP contribution in [0, 0.1) is 0 Å². The van der Waals surface area contributed by atoms with E-state index in [4.69, 9.17) is 22.9 Å². The molecule has 0 radical (unpaired) electrons. The van der Waals surface area contributed by atoms with Crippen molar-refractivity contribution in [3.63, 3.8) is 0 Å².